The molecule has 0 aliphatic carbocycles. The molecule has 0 atom stereocenters. The van der Waals surface area contributed by atoms with Gasteiger partial charge in [-0.25, -0.2) is 0 Å². The van der Waals surface area contributed by atoms with Crippen LogP contribution in [0.3, 0.4) is 0 Å². The molecular formula is C11H10Cl2N4O2. The number of ether oxygens (including phenoxy) is 2. The molecule has 2 rings (SSSR count). The van der Waals surface area contributed by atoms with E-state index in [1.54, 1.807) is 25.3 Å². The van der Waals surface area contributed by atoms with Crippen LogP contribution < -0.4 is 14.8 Å². The van der Waals surface area contributed by atoms with E-state index in [2.05, 4.69) is 20.3 Å². The van der Waals surface area contributed by atoms with Gasteiger partial charge in [0.05, 0.1) is 19.2 Å². The van der Waals surface area contributed by atoms with Gasteiger partial charge in [0.2, 0.25) is 11.2 Å². The molecule has 1 aromatic carbocycles. The summed E-state index contributed by atoms with van der Waals surface area (Å²) in [5, 5.41) is 3.45. The van der Waals surface area contributed by atoms with Crippen LogP contribution in [0.4, 0.5) is 11.6 Å². The fraction of sp³-hybridized carbons (Fsp3) is 0.182. The third-order valence-electron chi connectivity index (χ3n) is 2.18. The van der Waals surface area contributed by atoms with Gasteiger partial charge in [-0.3, -0.25) is 0 Å². The van der Waals surface area contributed by atoms with E-state index >= 15 is 0 Å². The van der Waals surface area contributed by atoms with E-state index in [0.717, 1.165) is 0 Å². The number of anilines is 2. The number of methoxy groups -OCH3 is 2. The zero-order valence-corrected chi connectivity index (χ0v) is 11.7. The van der Waals surface area contributed by atoms with Crippen LogP contribution in [0.25, 0.3) is 0 Å². The van der Waals surface area contributed by atoms with Gasteiger partial charge < -0.3 is 14.8 Å². The molecule has 0 saturated heterocycles. The molecule has 0 radical (unpaired) electrons. The van der Waals surface area contributed by atoms with E-state index in [4.69, 9.17) is 32.7 Å². The van der Waals surface area contributed by atoms with Crippen molar-refractivity contribution in [2.24, 2.45) is 0 Å². The monoisotopic (exact) mass is 300 g/mol. The first kappa shape index (κ1) is 13.6. The van der Waals surface area contributed by atoms with Gasteiger partial charge in [0.1, 0.15) is 5.75 Å². The van der Waals surface area contributed by atoms with Crippen LogP contribution in [-0.2, 0) is 0 Å². The number of nitrogens with zero attached hydrogens (tertiary/aromatic N) is 3. The van der Waals surface area contributed by atoms with E-state index in [1.165, 1.54) is 7.11 Å². The van der Waals surface area contributed by atoms with Crippen molar-refractivity contribution >= 4 is 34.8 Å². The largest absolute Gasteiger partial charge is 0.495 e. The van der Waals surface area contributed by atoms with Crippen molar-refractivity contribution in [2.45, 2.75) is 0 Å². The van der Waals surface area contributed by atoms with Gasteiger partial charge in [-0.2, -0.15) is 15.0 Å². The molecule has 2 aromatic rings. The smallest absolute Gasteiger partial charge is 0.322 e. The summed E-state index contributed by atoms with van der Waals surface area (Å²) < 4.78 is 9.96. The normalized spacial score (nSPS) is 10.1. The third-order valence-corrected chi connectivity index (χ3v) is 2.64. The molecule has 19 heavy (non-hydrogen) atoms. The Labute approximate surface area is 119 Å². The number of nitrogens with one attached hydrogen (secondary N) is 1. The summed E-state index contributed by atoms with van der Waals surface area (Å²) in [6, 6.07) is 5.31. The summed E-state index contributed by atoms with van der Waals surface area (Å²) >= 11 is 11.8. The van der Waals surface area contributed by atoms with Gasteiger partial charge in [0.15, 0.2) is 0 Å². The van der Waals surface area contributed by atoms with Crippen molar-refractivity contribution in [3.05, 3.63) is 28.5 Å². The Morgan fingerprint density at radius 1 is 1.05 bits per heavy atom. The quantitative estimate of drug-likeness (QED) is 0.936. The molecule has 0 amide bonds. The molecule has 0 saturated carbocycles. The number of hydrogen-bond donors (Lipinski definition) is 1. The maximum Gasteiger partial charge on any atom is 0.322 e. The number of benzene rings is 1. The van der Waals surface area contributed by atoms with Gasteiger partial charge in [-0.1, -0.05) is 11.6 Å². The highest BCUT2D eigenvalue weighted by Crippen LogP contribution is 2.28. The Morgan fingerprint density at radius 3 is 2.47 bits per heavy atom. The molecule has 0 aliphatic rings. The molecule has 0 aliphatic heterocycles. The van der Waals surface area contributed by atoms with Crippen LogP contribution in [0.1, 0.15) is 0 Å². The van der Waals surface area contributed by atoms with E-state index < -0.39 is 0 Å². The van der Waals surface area contributed by atoms with Crippen molar-refractivity contribution in [3.8, 4) is 11.8 Å². The van der Waals surface area contributed by atoms with E-state index in [1.807, 2.05) is 0 Å². The second kappa shape index (κ2) is 5.90. The summed E-state index contributed by atoms with van der Waals surface area (Å²) in [6.07, 6.45) is 0. The standard InChI is InChI=1S/C11H10Cl2N4O2/c1-18-8-4-3-6(5-7(8)12)14-10-15-9(13)16-11(17-10)19-2/h3-5H,1-2H3,(H,14,15,16,17). The Kier molecular flexibility index (Phi) is 4.24. The average Bonchev–Trinajstić information content (AvgIpc) is 2.38. The lowest BCUT2D eigenvalue weighted by molar-refractivity contribution is 0.379. The minimum absolute atomic E-state index is 0.0361. The summed E-state index contributed by atoms with van der Waals surface area (Å²) in [5.74, 6) is 0.844. The summed E-state index contributed by atoms with van der Waals surface area (Å²) in [7, 11) is 2.99. The average molecular weight is 301 g/mol. The molecule has 1 heterocycles. The topological polar surface area (TPSA) is 69.2 Å². The van der Waals surface area contributed by atoms with E-state index in [0.29, 0.717) is 16.5 Å². The number of aromatic nitrogens is 3. The lowest BCUT2D eigenvalue weighted by Gasteiger charge is -2.08. The lowest BCUT2D eigenvalue weighted by Crippen LogP contribution is -2.01. The number of halogens is 2. The van der Waals surface area contributed by atoms with Crippen LogP contribution in [0.15, 0.2) is 18.2 Å². The Morgan fingerprint density at radius 2 is 1.84 bits per heavy atom. The first-order valence-corrected chi connectivity index (χ1v) is 5.94. The first-order valence-electron chi connectivity index (χ1n) is 5.18. The molecule has 8 heteroatoms. The molecule has 1 aromatic heterocycles. The second-order valence-electron chi connectivity index (χ2n) is 3.39. The van der Waals surface area contributed by atoms with Gasteiger partial charge in [-0.15, -0.1) is 0 Å². The van der Waals surface area contributed by atoms with Gasteiger partial charge in [0.25, 0.3) is 0 Å². The molecule has 100 valence electrons. The third kappa shape index (κ3) is 3.36. The maximum atomic E-state index is 6.02. The fourth-order valence-corrected chi connectivity index (χ4v) is 1.76. The molecule has 0 spiro atoms. The second-order valence-corrected chi connectivity index (χ2v) is 4.13. The highest BCUT2D eigenvalue weighted by molar-refractivity contribution is 6.32. The van der Waals surface area contributed by atoms with Gasteiger partial charge in [-0.05, 0) is 29.8 Å². The van der Waals surface area contributed by atoms with Crippen LogP contribution in [0.5, 0.6) is 11.8 Å². The first-order chi connectivity index (χ1) is 9.12. The van der Waals surface area contributed by atoms with Crippen LogP contribution >= 0.6 is 23.2 Å². The number of hydrogen-bond acceptors (Lipinski definition) is 6. The van der Waals surface area contributed by atoms with Crippen molar-refractivity contribution in [2.75, 3.05) is 19.5 Å². The molecule has 6 nitrogen and oxygen atoms in total. The predicted octanol–water partition coefficient (Wildman–Crippen LogP) is 2.94. The minimum Gasteiger partial charge on any atom is -0.495 e. The molecule has 1 N–H and O–H groups in total. The summed E-state index contributed by atoms with van der Waals surface area (Å²) in [6.45, 7) is 0. The van der Waals surface area contributed by atoms with Crippen LogP contribution in [0, 0.1) is 0 Å². The minimum atomic E-state index is 0.0361. The van der Waals surface area contributed by atoms with E-state index in [9.17, 15) is 0 Å². The Bertz CT molecular complexity index is 595. The van der Waals surface area contributed by atoms with Crippen molar-refractivity contribution in [3.63, 3.8) is 0 Å². The van der Waals surface area contributed by atoms with Crippen molar-refractivity contribution in [1.82, 2.24) is 15.0 Å². The van der Waals surface area contributed by atoms with Crippen LogP contribution in [0.2, 0.25) is 10.3 Å². The van der Waals surface area contributed by atoms with Gasteiger partial charge in [0, 0.05) is 5.69 Å². The lowest BCUT2D eigenvalue weighted by atomic mass is 10.3. The Balaban J connectivity index is 2.25. The fourth-order valence-electron chi connectivity index (χ4n) is 1.35. The Hall–Kier alpha value is -1.79. The van der Waals surface area contributed by atoms with Crippen LogP contribution in [-0.4, -0.2) is 29.2 Å². The zero-order chi connectivity index (χ0) is 13.8. The number of rotatable bonds is 4. The SMILES string of the molecule is COc1nc(Cl)nc(Nc2ccc(OC)c(Cl)c2)n1. The summed E-state index contributed by atoms with van der Waals surface area (Å²) in [5.41, 5.74) is 0.690. The van der Waals surface area contributed by atoms with Crippen molar-refractivity contribution < 1.29 is 9.47 Å². The molecule has 0 bridgehead atoms. The highest BCUT2D eigenvalue weighted by atomic mass is 35.5. The molecule has 0 unspecified atom stereocenters. The zero-order valence-electron chi connectivity index (χ0n) is 10.1. The molecular weight excluding hydrogens is 291 g/mol. The van der Waals surface area contributed by atoms with E-state index in [-0.39, 0.29) is 17.2 Å². The van der Waals surface area contributed by atoms with Crippen molar-refractivity contribution in [1.29, 1.82) is 0 Å². The summed E-state index contributed by atoms with van der Waals surface area (Å²) in [4.78, 5) is 11.7. The molecule has 0 fully saturated rings. The maximum absolute atomic E-state index is 6.02. The highest BCUT2D eigenvalue weighted by Gasteiger charge is 2.07. The predicted molar refractivity (Wildman–Crippen MR) is 72.7 cm³/mol. The van der Waals surface area contributed by atoms with Gasteiger partial charge >= 0.3 is 6.01 Å².